The Balaban J connectivity index is 0.000000360. The minimum Gasteiger partial charge on any atom is -0.497 e. The van der Waals surface area contributed by atoms with Crippen LogP contribution in [0, 0.1) is 0 Å². The summed E-state index contributed by atoms with van der Waals surface area (Å²) in [6.45, 7) is 22.8. The molecule has 2 heterocycles. The van der Waals surface area contributed by atoms with Gasteiger partial charge in [-0.15, -0.1) is 6.58 Å². The molecule has 2 aromatic carbocycles. The van der Waals surface area contributed by atoms with Gasteiger partial charge in [-0.25, -0.2) is 0 Å². The quantitative estimate of drug-likeness (QED) is 0.0691. The summed E-state index contributed by atoms with van der Waals surface area (Å²) in [5.74, 6) is 1.46. The second kappa shape index (κ2) is 25.2. The van der Waals surface area contributed by atoms with Gasteiger partial charge < -0.3 is 51.9 Å². The molecule has 2 fully saturated rings. The second-order valence-corrected chi connectivity index (χ2v) is 29.9. The summed E-state index contributed by atoms with van der Waals surface area (Å²) in [5.41, 5.74) is 1.82. The maximum atomic E-state index is 13.8. The summed E-state index contributed by atoms with van der Waals surface area (Å²) < 4.78 is 140. The summed E-state index contributed by atoms with van der Waals surface area (Å²) in [6.07, 6.45) is -16.0. The molecular formula is C49H78F6O11Si2. The predicted octanol–water partition coefficient (Wildman–Crippen LogP) is 11.4. The lowest BCUT2D eigenvalue weighted by Crippen LogP contribution is -2.48. The van der Waals surface area contributed by atoms with Crippen LogP contribution in [0.1, 0.15) is 78.4 Å². The van der Waals surface area contributed by atoms with Gasteiger partial charge in [-0.1, -0.05) is 71.9 Å². The number of aliphatic hydroxyl groups excluding tert-OH is 1. The van der Waals surface area contributed by atoms with Gasteiger partial charge in [0.15, 0.2) is 16.6 Å². The van der Waals surface area contributed by atoms with Gasteiger partial charge in [0.25, 0.3) is 0 Å². The van der Waals surface area contributed by atoms with Gasteiger partial charge in [-0.2, -0.15) is 26.3 Å². The van der Waals surface area contributed by atoms with Crippen molar-refractivity contribution < 1.29 is 78.2 Å². The molecule has 0 saturated carbocycles. The van der Waals surface area contributed by atoms with Crippen LogP contribution in [0.5, 0.6) is 11.5 Å². The SMILES string of the molecule is C=C[C@@H]1O[C@H](CCC(O[Si](C)(C)C(C)(C)C)C(F)(F)F)[C@H](OC)[C@H]1OCc1ccc(OC)cc1.COc1ccc(CO[C@@H]2[C@@H](OC)[C@@H](CCC(O[Si](C)(C)C(C)(C)C)C(F)(F)F)O[C@H]2CO)cc1. The number of alkyl halides is 6. The third kappa shape index (κ3) is 16.8. The first-order valence-corrected chi connectivity index (χ1v) is 28.9. The van der Waals surface area contributed by atoms with Gasteiger partial charge in [0.05, 0.1) is 46.2 Å². The third-order valence-electron chi connectivity index (χ3n) is 13.6. The lowest BCUT2D eigenvalue weighted by Gasteiger charge is -2.40. The van der Waals surface area contributed by atoms with Gasteiger partial charge >= 0.3 is 12.4 Å². The zero-order valence-corrected chi connectivity index (χ0v) is 44.4. The largest absolute Gasteiger partial charge is 0.497 e. The molecule has 0 spiro atoms. The number of halogens is 6. The van der Waals surface area contributed by atoms with Crippen LogP contribution < -0.4 is 9.47 Å². The maximum Gasteiger partial charge on any atom is 0.413 e. The van der Waals surface area contributed by atoms with E-state index in [9.17, 15) is 31.4 Å². The van der Waals surface area contributed by atoms with E-state index in [-0.39, 0.29) is 49.0 Å². The van der Waals surface area contributed by atoms with E-state index < -0.39 is 90.0 Å². The number of aliphatic hydroxyl groups is 1. The molecule has 19 heteroatoms. The monoisotopic (exact) mass is 1010 g/mol. The van der Waals surface area contributed by atoms with Crippen molar-refractivity contribution in [3.63, 3.8) is 0 Å². The minimum atomic E-state index is -4.49. The molecular weight excluding hydrogens is 935 g/mol. The smallest absolute Gasteiger partial charge is 0.413 e. The Bertz CT molecular complexity index is 1790. The third-order valence-corrected chi connectivity index (χ3v) is 22.5. The molecule has 2 aliphatic rings. The molecule has 0 aliphatic carbocycles. The molecule has 10 atom stereocenters. The molecule has 390 valence electrons. The fraction of sp³-hybridized carbons (Fsp3) is 0.714. The number of benzene rings is 2. The Morgan fingerprint density at radius 1 is 0.588 bits per heavy atom. The summed E-state index contributed by atoms with van der Waals surface area (Å²) in [5, 5.41) is 9.13. The van der Waals surface area contributed by atoms with Crippen LogP contribution in [0.2, 0.25) is 36.3 Å². The molecule has 0 bridgehead atoms. The van der Waals surface area contributed by atoms with E-state index in [4.69, 9.17) is 46.7 Å². The molecule has 11 nitrogen and oxygen atoms in total. The normalized spacial score (nSPS) is 24.8. The van der Waals surface area contributed by atoms with Crippen molar-refractivity contribution in [3.05, 3.63) is 72.3 Å². The van der Waals surface area contributed by atoms with Crippen molar-refractivity contribution in [3.8, 4) is 11.5 Å². The molecule has 1 N–H and O–H groups in total. The minimum absolute atomic E-state index is 0.0657. The van der Waals surface area contributed by atoms with Crippen LogP contribution in [-0.2, 0) is 50.5 Å². The Labute approximate surface area is 402 Å². The van der Waals surface area contributed by atoms with Gasteiger partial charge in [0.1, 0.15) is 60.3 Å². The molecule has 4 rings (SSSR count). The van der Waals surface area contributed by atoms with Crippen LogP contribution in [0.4, 0.5) is 26.3 Å². The number of rotatable bonds is 22. The van der Waals surface area contributed by atoms with E-state index in [1.807, 2.05) is 103 Å². The highest BCUT2D eigenvalue weighted by molar-refractivity contribution is 6.74. The molecule has 0 amide bonds. The van der Waals surface area contributed by atoms with E-state index in [1.54, 1.807) is 33.4 Å². The lowest BCUT2D eigenvalue weighted by molar-refractivity contribution is -0.202. The van der Waals surface area contributed by atoms with Crippen molar-refractivity contribution in [1.29, 1.82) is 0 Å². The predicted molar refractivity (Wildman–Crippen MR) is 254 cm³/mol. The Morgan fingerprint density at radius 3 is 1.28 bits per heavy atom. The molecule has 0 aromatic heterocycles. The van der Waals surface area contributed by atoms with E-state index in [0.29, 0.717) is 6.61 Å². The van der Waals surface area contributed by atoms with Crippen LogP contribution >= 0.6 is 0 Å². The number of ether oxygens (including phenoxy) is 8. The first-order valence-electron chi connectivity index (χ1n) is 23.0. The highest BCUT2D eigenvalue weighted by Crippen LogP contribution is 2.43. The van der Waals surface area contributed by atoms with Crippen molar-refractivity contribution in [2.45, 2.75) is 190 Å². The highest BCUT2D eigenvalue weighted by Gasteiger charge is 2.52. The van der Waals surface area contributed by atoms with Gasteiger partial charge in [0.2, 0.25) is 0 Å². The van der Waals surface area contributed by atoms with E-state index in [1.165, 1.54) is 14.2 Å². The fourth-order valence-electron chi connectivity index (χ4n) is 7.43. The van der Waals surface area contributed by atoms with E-state index in [0.717, 1.165) is 22.6 Å². The second-order valence-electron chi connectivity index (χ2n) is 20.4. The topological polar surface area (TPSA) is 113 Å². The molecule has 2 aliphatic heterocycles. The molecule has 2 unspecified atom stereocenters. The van der Waals surface area contributed by atoms with Gasteiger partial charge in [-0.05, 0) is 97.3 Å². The molecule has 68 heavy (non-hydrogen) atoms. The first kappa shape index (κ1) is 59.7. The summed E-state index contributed by atoms with van der Waals surface area (Å²) >= 11 is 0. The summed E-state index contributed by atoms with van der Waals surface area (Å²) in [6, 6.07) is 14.8. The van der Waals surface area contributed by atoms with Gasteiger partial charge in [-0.3, -0.25) is 0 Å². The van der Waals surface area contributed by atoms with Crippen LogP contribution in [0.25, 0.3) is 0 Å². The molecule has 2 aromatic rings. The van der Waals surface area contributed by atoms with Crippen molar-refractivity contribution in [2.75, 3.05) is 35.0 Å². The zero-order chi connectivity index (χ0) is 51.5. The number of hydrogen-bond acceptors (Lipinski definition) is 11. The van der Waals surface area contributed by atoms with Crippen LogP contribution in [0.3, 0.4) is 0 Å². The van der Waals surface area contributed by atoms with E-state index in [2.05, 4.69) is 6.58 Å². The maximum absolute atomic E-state index is 13.8. The van der Waals surface area contributed by atoms with Crippen LogP contribution in [-0.4, -0.2) is 130 Å². The molecule has 0 radical (unpaired) electrons. The summed E-state index contributed by atoms with van der Waals surface area (Å²) in [4.78, 5) is 0. The Kier molecular flexibility index (Phi) is 22.1. The number of methoxy groups -OCH3 is 4. The lowest BCUT2D eigenvalue weighted by atomic mass is 10.0. The average Bonchev–Trinajstić information content (AvgIpc) is 3.79. The van der Waals surface area contributed by atoms with Crippen molar-refractivity contribution in [1.82, 2.24) is 0 Å². The van der Waals surface area contributed by atoms with Crippen molar-refractivity contribution >= 4 is 16.6 Å². The molecule has 2 saturated heterocycles. The number of hydrogen-bond donors (Lipinski definition) is 1. The van der Waals surface area contributed by atoms with E-state index >= 15 is 0 Å². The average molecular weight is 1010 g/mol. The fourth-order valence-corrected chi connectivity index (χ4v) is 10.1. The van der Waals surface area contributed by atoms with Crippen LogP contribution in [0.15, 0.2) is 61.2 Å². The Morgan fingerprint density at radius 2 is 0.956 bits per heavy atom. The van der Waals surface area contributed by atoms with Crippen molar-refractivity contribution in [2.24, 2.45) is 0 Å². The first-order chi connectivity index (χ1) is 31.5. The zero-order valence-electron chi connectivity index (χ0n) is 42.4. The highest BCUT2D eigenvalue weighted by atomic mass is 28.4. The summed E-state index contributed by atoms with van der Waals surface area (Å²) in [7, 11) is 0.916. The Hall–Kier alpha value is -2.57. The van der Waals surface area contributed by atoms with Gasteiger partial charge in [0, 0.05) is 14.2 Å². The standard InChI is InChI=1S/C25H39F3O5Si.C24H39F3O6Si/c1-9-19-23(31-16-17-10-12-18(29-5)13-11-17)22(30-6)20(32-19)14-15-21(25(26,27)28)33-34(7,8)24(2,3)4;1-23(2,3)34(6,7)33-20(24(25,26)27)13-12-18-21(30-5)22(19(14-28)32-18)31-15-16-8-10-17(29-4)11-9-16/h9-13,19-23H,1,14-16H2,2-8H3;8-11,18-22,28H,12-15H2,1-7H3/t19-,20+,21?,22-,23-;18-,19+,20?,21+,22+/m01/s1.